The molecule has 0 aliphatic rings. The number of rotatable bonds is 26. The SMILES string of the molecule is CC[C@H](C)[C@H](NC(=O)[C@H](CC(=O)O)NC(=O)[C@H](CC(=O)O)NC(=O)[C@@H](NC(=O)[C@@H](N)CCSC)[C@@H](C)CC)C(=O)N[C@@H](CCCCN)C(=O)O. The Balaban J connectivity index is 6.16. The number of hydrogen-bond acceptors (Lipinski definition) is 11. The fraction of sp³-hybridized carbons (Fsp3) is 0.742. The molecule has 5 amide bonds. The van der Waals surface area contributed by atoms with Crippen LogP contribution in [0.4, 0.5) is 0 Å². The van der Waals surface area contributed by atoms with E-state index in [0.29, 0.717) is 44.4 Å². The number of carboxylic acid groups (broad SMARTS) is 3. The highest BCUT2D eigenvalue weighted by atomic mass is 32.2. The third-order valence-electron chi connectivity index (χ3n) is 8.14. The Morgan fingerprint density at radius 3 is 1.44 bits per heavy atom. The normalized spacial score (nSPS) is 15.8. The van der Waals surface area contributed by atoms with E-state index in [0.717, 1.165) is 0 Å². The Bertz CT molecular complexity index is 1180. The predicted octanol–water partition coefficient (Wildman–Crippen LogP) is -1.25. The molecule has 0 aliphatic carbocycles. The van der Waals surface area contributed by atoms with Gasteiger partial charge in [-0.3, -0.25) is 33.6 Å². The van der Waals surface area contributed by atoms with Gasteiger partial charge in [0.25, 0.3) is 0 Å². The van der Waals surface area contributed by atoms with E-state index in [2.05, 4.69) is 26.6 Å². The Morgan fingerprint density at radius 1 is 0.620 bits per heavy atom. The largest absolute Gasteiger partial charge is 0.481 e. The molecule has 0 aromatic rings. The first-order valence-electron chi connectivity index (χ1n) is 16.6. The van der Waals surface area contributed by atoms with Crippen molar-refractivity contribution in [3.63, 3.8) is 0 Å². The van der Waals surface area contributed by atoms with E-state index in [1.165, 1.54) is 11.8 Å². The lowest BCUT2D eigenvalue weighted by atomic mass is 9.96. The monoisotopic (exact) mass is 733 g/mol. The van der Waals surface area contributed by atoms with Crippen molar-refractivity contribution in [2.45, 2.75) is 115 Å². The summed E-state index contributed by atoms with van der Waals surface area (Å²) >= 11 is 1.47. The van der Waals surface area contributed by atoms with Gasteiger partial charge in [0.15, 0.2) is 0 Å². The Morgan fingerprint density at radius 2 is 1.04 bits per heavy atom. The number of unbranched alkanes of at least 4 members (excludes halogenated alkanes) is 1. The number of thioether (sulfide) groups is 1. The first kappa shape index (κ1) is 46.0. The number of amides is 5. The van der Waals surface area contributed by atoms with Gasteiger partial charge < -0.3 is 53.4 Å². The lowest BCUT2D eigenvalue weighted by Crippen LogP contribution is -2.61. The quantitative estimate of drug-likeness (QED) is 0.0465. The zero-order valence-corrected chi connectivity index (χ0v) is 30.2. The summed E-state index contributed by atoms with van der Waals surface area (Å²) in [5.41, 5.74) is 11.4. The summed E-state index contributed by atoms with van der Waals surface area (Å²) in [5, 5.41) is 40.3. The van der Waals surface area contributed by atoms with Crippen LogP contribution in [-0.2, 0) is 38.4 Å². The molecule has 18 nitrogen and oxygen atoms in total. The van der Waals surface area contributed by atoms with Gasteiger partial charge in [-0.15, -0.1) is 0 Å². The van der Waals surface area contributed by atoms with Gasteiger partial charge in [-0.25, -0.2) is 4.79 Å². The van der Waals surface area contributed by atoms with Gasteiger partial charge in [0.1, 0.15) is 30.2 Å². The molecule has 0 spiro atoms. The second-order valence-corrected chi connectivity index (χ2v) is 13.1. The molecule has 0 aliphatic heterocycles. The fourth-order valence-corrected chi connectivity index (χ4v) is 5.10. The van der Waals surface area contributed by atoms with Gasteiger partial charge in [0.2, 0.25) is 29.5 Å². The number of carbonyl (C=O) groups excluding carboxylic acids is 5. The van der Waals surface area contributed by atoms with Crippen LogP contribution in [0.3, 0.4) is 0 Å². The Hall–Kier alpha value is -3.97. The van der Waals surface area contributed by atoms with Crippen LogP contribution < -0.4 is 38.1 Å². The number of aliphatic carboxylic acids is 3. The number of nitrogens with two attached hydrogens (primary N) is 2. The zero-order valence-electron chi connectivity index (χ0n) is 29.4. The minimum absolute atomic E-state index is 0.0697. The average Bonchev–Trinajstić information content (AvgIpc) is 3.05. The molecular weight excluding hydrogens is 678 g/mol. The maximum Gasteiger partial charge on any atom is 0.326 e. The van der Waals surface area contributed by atoms with E-state index in [1.54, 1.807) is 27.7 Å². The van der Waals surface area contributed by atoms with E-state index in [-0.39, 0.29) is 6.42 Å². The first-order chi connectivity index (χ1) is 23.4. The van der Waals surface area contributed by atoms with Gasteiger partial charge >= 0.3 is 17.9 Å². The molecule has 0 unspecified atom stereocenters. The second kappa shape index (κ2) is 24.2. The van der Waals surface area contributed by atoms with Gasteiger partial charge in [0.05, 0.1) is 18.9 Å². The van der Waals surface area contributed by atoms with Gasteiger partial charge in [-0.1, -0.05) is 40.5 Å². The van der Waals surface area contributed by atoms with Crippen molar-refractivity contribution in [2.24, 2.45) is 23.3 Å². The zero-order chi connectivity index (χ0) is 38.6. The molecule has 0 fully saturated rings. The number of hydrogen-bond donors (Lipinski definition) is 10. The van der Waals surface area contributed by atoms with Crippen LogP contribution in [0, 0.1) is 11.8 Å². The van der Waals surface area contributed by atoms with Gasteiger partial charge in [-0.2, -0.15) is 11.8 Å². The van der Waals surface area contributed by atoms with Gasteiger partial charge in [-0.05, 0) is 56.1 Å². The van der Waals surface area contributed by atoms with E-state index in [9.17, 15) is 53.7 Å². The summed E-state index contributed by atoms with van der Waals surface area (Å²) in [6.07, 6.45) is 1.94. The van der Waals surface area contributed by atoms with Crippen LogP contribution in [0.1, 0.15) is 79.1 Å². The summed E-state index contributed by atoms with van der Waals surface area (Å²) in [6, 6.07) is -8.42. The van der Waals surface area contributed by atoms with E-state index in [1.807, 2.05) is 6.26 Å². The fourth-order valence-electron chi connectivity index (χ4n) is 4.61. The van der Waals surface area contributed by atoms with Crippen molar-refractivity contribution >= 4 is 59.2 Å². The molecule has 0 rings (SSSR count). The van der Waals surface area contributed by atoms with E-state index >= 15 is 0 Å². The molecule has 0 aromatic heterocycles. The third kappa shape index (κ3) is 17.1. The number of carbonyl (C=O) groups is 8. The summed E-state index contributed by atoms with van der Waals surface area (Å²) in [7, 11) is 0. The Kier molecular flexibility index (Phi) is 22.3. The van der Waals surface area contributed by atoms with Crippen LogP contribution in [0.25, 0.3) is 0 Å². The maximum absolute atomic E-state index is 13.4. The summed E-state index contributed by atoms with van der Waals surface area (Å²) < 4.78 is 0. The molecule has 50 heavy (non-hydrogen) atoms. The lowest BCUT2D eigenvalue weighted by molar-refractivity contribution is -0.144. The highest BCUT2D eigenvalue weighted by Gasteiger charge is 2.36. The van der Waals surface area contributed by atoms with Crippen molar-refractivity contribution in [1.82, 2.24) is 26.6 Å². The second-order valence-electron chi connectivity index (χ2n) is 12.1. The third-order valence-corrected chi connectivity index (χ3v) is 8.79. The Labute approximate surface area is 296 Å². The van der Waals surface area contributed by atoms with E-state index < -0.39 is 108 Å². The summed E-state index contributed by atoms with van der Waals surface area (Å²) in [5.74, 6) is -9.53. The lowest BCUT2D eigenvalue weighted by Gasteiger charge is -2.29. The van der Waals surface area contributed by atoms with E-state index in [4.69, 9.17) is 11.5 Å². The molecule has 0 aromatic carbocycles. The van der Waals surface area contributed by atoms with Crippen LogP contribution >= 0.6 is 11.8 Å². The molecule has 12 N–H and O–H groups in total. The minimum atomic E-state index is -1.84. The molecule has 0 saturated heterocycles. The summed E-state index contributed by atoms with van der Waals surface area (Å²) in [4.78, 5) is 101. The van der Waals surface area contributed by atoms with Crippen LogP contribution in [0.2, 0.25) is 0 Å². The van der Waals surface area contributed by atoms with Gasteiger partial charge in [0, 0.05) is 0 Å². The predicted molar refractivity (Wildman–Crippen MR) is 185 cm³/mol. The molecule has 19 heteroatoms. The standard InChI is InChI=1S/C31H55N7O11S/c1-6-16(3)24(37-26(43)18(33)11-13-50-5)30(47)36-20(14-22(39)40)27(44)35-21(15-23(41)42)28(45)38-25(17(4)7-2)29(46)34-19(31(48)49)10-8-9-12-32/h16-21,24-25H,6-15,32-33H2,1-5H3,(H,34,46)(H,35,44)(H,36,47)(H,37,43)(H,38,45)(H,39,40)(H,41,42)(H,48,49)/t16-,17-,18-,19-,20-,21-,24-,25-/m0/s1. The molecule has 8 atom stereocenters. The minimum Gasteiger partial charge on any atom is -0.481 e. The topological polar surface area (TPSA) is 309 Å². The number of nitrogens with one attached hydrogen (secondary N) is 5. The first-order valence-corrected chi connectivity index (χ1v) is 18.0. The van der Waals surface area contributed by atoms with Crippen molar-refractivity contribution in [1.29, 1.82) is 0 Å². The van der Waals surface area contributed by atoms with Crippen molar-refractivity contribution in [2.75, 3.05) is 18.6 Å². The summed E-state index contributed by atoms with van der Waals surface area (Å²) in [6.45, 7) is 7.02. The molecule has 0 bridgehead atoms. The molecule has 286 valence electrons. The molecule has 0 heterocycles. The molecular formula is C31H55N7O11S. The smallest absolute Gasteiger partial charge is 0.326 e. The van der Waals surface area contributed by atoms with Crippen molar-refractivity contribution < 1.29 is 53.7 Å². The molecule has 0 saturated carbocycles. The molecule has 0 radical (unpaired) electrons. The maximum atomic E-state index is 13.4. The average molecular weight is 734 g/mol. The van der Waals surface area contributed by atoms with Crippen LogP contribution in [0.15, 0.2) is 0 Å². The highest BCUT2D eigenvalue weighted by molar-refractivity contribution is 7.98. The van der Waals surface area contributed by atoms with Crippen LogP contribution in [-0.4, -0.2) is 118 Å². The highest BCUT2D eigenvalue weighted by Crippen LogP contribution is 2.13. The number of carboxylic acids is 3. The van der Waals surface area contributed by atoms with Crippen molar-refractivity contribution in [3.8, 4) is 0 Å². The van der Waals surface area contributed by atoms with Crippen molar-refractivity contribution in [3.05, 3.63) is 0 Å². The van der Waals surface area contributed by atoms with Crippen LogP contribution in [0.5, 0.6) is 0 Å².